The Labute approximate surface area is 152 Å². The lowest BCUT2D eigenvalue weighted by atomic mass is 10.1. The molecule has 0 bridgehead atoms. The van der Waals surface area contributed by atoms with Gasteiger partial charge in [-0.2, -0.15) is 0 Å². The van der Waals surface area contributed by atoms with Gasteiger partial charge in [0.2, 0.25) is 15.9 Å². The Bertz CT molecular complexity index is 690. The minimum absolute atomic E-state index is 0. The van der Waals surface area contributed by atoms with Crippen LogP contribution in [-0.4, -0.2) is 44.9 Å². The van der Waals surface area contributed by atoms with Crippen molar-refractivity contribution in [1.29, 1.82) is 0 Å². The van der Waals surface area contributed by atoms with E-state index in [0.717, 1.165) is 50.2 Å². The zero-order valence-corrected chi connectivity index (χ0v) is 15.1. The molecule has 1 aliphatic heterocycles. The van der Waals surface area contributed by atoms with E-state index in [-0.39, 0.29) is 47.9 Å². The lowest BCUT2D eigenvalue weighted by Crippen LogP contribution is -2.43. The van der Waals surface area contributed by atoms with Crippen molar-refractivity contribution in [2.24, 2.45) is 0 Å². The van der Waals surface area contributed by atoms with Gasteiger partial charge >= 0.3 is 0 Å². The van der Waals surface area contributed by atoms with E-state index < -0.39 is 14.9 Å². The largest absolute Gasteiger partial charge is 0.353 e. The van der Waals surface area contributed by atoms with Crippen LogP contribution in [0.2, 0.25) is 0 Å². The SMILES string of the molecule is Cl.O=C(CCNS(=O)(=O)c1ccc([N+](=O)[O-])cc1)NC1CCNCC1. The van der Waals surface area contributed by atoms with Crippen LogP contribution < -0.4 is 15.4 Å². The minimum Gasteiger partial charge on any atom is -0.353 e. The molecule has 0 aromatic heterocycles. The fourth-order valence-corrected chi connectivity index (χ4v) is 3.43. The Morgan fingerprint density at radius 3 is 2.40 bits per heavy atom. The van der Waals surface area contributed by atoms with Crippen molar-refractivity contribution < 1.29 is 18.1 Å². The first-order valence-electron chi connectivity index (χ1n) is 7.63. The molecule has 1 aromatic rings. The van der Waals surface area contributed by atoms with Gasteiger partial charge in [0, 0.05) is 31.1 Å². The van der Waals surface area contributed by atoms with Crippen molar-refractivity contribution in [3.05, 3.63) is 34.4 Å². The molecular weight excluding hydrogens is 372 g/mol. The van der Waals surface area contributed by atoms with Crippen molar-refractivity contribution >= 4 is 34.0 Å². The number of rotatable bonds is 7. The summed E-state index contributed by atoms with van der Waals surface area (Å²) in [6.07, 6.45) is 1.76. The molecule has 0 saturated carbocycles. The summed E-state index contributed by atoms with van der Waals surface area (Å²) < 4.78 is 26.4. The lowest BCUT2D eigenvalue weighted by molar-refractivity contribution is -0.384. The molecule has 1 fully saturated rings. The number of hydrogen-bond acceptors (Lipinski definition) is 6. The van der Waals surface area contributed by atoms with E-state index in [1.807, 2.05) is 0 Å². The average Bonchev–Trinajstić information content (AvgIpc) is 2.55. The van der Waals surface area contributed by atoms with Crippen LogP contribution in [0, 0.1) is 10.1 Å². The minimum atomic E-state index is -3.79. The summed E-state index contributed by atoms with van der Waals surface area (Å²) in [5.74, 6) is -0.201. The van der Waals surface area contributed by atoms with Crippen LogP contribution in [0.25, 0.3) is 0 Å². The summed E-state index contributed by atoms with van der Waals surface area (Å²) in [5.41, 5.74) is -0.185. The second-order valence-electron chi connectivity index (χ2n) is 5.49. The molecule has 11 heteroatoms. The highest BCUT2D eigenvalue weighted by Gasteiger charge is 2.18. The molecule has 3 N–H and O–H groups in total. The number of nitrogens with zero attached hydrogens (tertiary/aromatic N) is 1. The smallest absolute Gasteiger partial charge is 0.269 e. The van der Waals surface area contributed by atoms with Gasteiger partial charge in [-0.3, -0.25) is 14.9 Å². The summed E-state index contributed by atoms with van der Waals surface area (Å²) in [6.45, 7) is 1.69. The van der Waals surface area contributed by atoms with Crippen molar-refractivity contribution in [3.8, 4) is 0 Å². The van der Waals surface area contributed by atoms with E-state index >= 15 is 0 Å². The molecule has 2 rings (SSSR count). The van der Waals surface area contributed by atoms with Crippen LogP contribution in [0.3, 0.4) is 0 Å². The maximum Gasteiger partial charge on any atom is 0.269 e. The van der Waals surface area contributed by atoms with Gasteiger partial charge in [-0.25, -0.2) is 13.1 Å². The molecule has 0 radical (unpaired) electrons. The molecule has 9 nitrogen and oxygen atoms in total. The Balaban J connectivity index is 0.00000312. The molecule has 0 unspecified atom stereocenters. The molecule has 1 aliphatic rings. The van der Waals surface area contributed by atoms with Crippen molar-refractivity contribution in [3.63, 3.8) is 0 Å². The second kappa shape index (κ2) is 9.66. The number of amides is 1. The summed E-state index contributed by atoms with van der Waals surface area (Å²) in [6, 6.07) is 4.70. The molecule has 1 saturated heterocycles. The number of sulfonamides is 1. The van der Waals surface area contributed by atoms with E-state index in [0.29, 0.717) is 0 Å². The van der Waals surface area contributed by atoms with Crippen molar-refractivity contribution in [2.45, 2.75) is 30.2 Å². The topological polar surface area (TPSA) is 130 Å². The van der Waals surface area contributed by atoms with Crippen LogP contribution in [0.5, 0.6) is 0 Å². The maximum atomic E-state index is 12.1. The third kappa shape index (κ3) is 6.58. The quantitative estimate of drug-likeness (QED) is 0.459. The lowest BCUT2D eigenvalue weighted by Gasteiger charge is -2.23. The Kier molecular flexibility index (Phi) is 8.23. The van der Waals surface area contributed by atoms with Gasteiger partial charge in [-0.15, -0.1) is 12.4 Å². The van der Waals surface area contributed by atoms with E-state index in [1.54, 1.807) is 0 Å². The number of hydrogen-bond donors (Lipinski definition) is 3. The zero-order valence-electron chi connectivity index (χ0n) is 13.4. The summed E-state index contributed by atoms with van der Waals surface area (Å²) >= 11 is 0. The highest BCUT2D eigenvalue weighted by atomic mass is 35.5. The Hall–Kier alpha value is -1.75. The first-order valence-corrected chi connectivity index (χ1v) is 9.11. The number of halogens is 1. The summed E-state index contributed by atoms with van der Waals surface area (Å²) in [5, 5.41) is 16.6. The maximum absolute atomic E-state index is 12.1. The van der Waals surface area contributed by atoms with Crippen molar-refractivity contribution in [2.75, 3.05) is 19.6 Å². The van der Waals surface area contributed by atoms with Gasteiger partial charge in [0.1, 0.15) is 0 Å². The number of nitro benzene ring substituents is 1. The second-order valence-corrected chi connectivity index (χ2v) is 7.26. The van der Waals surface area contributed by atoms with Crippen LogP contribution >= 0.6 is 12.4 Å². The van der Waals surface area contributed by atoms with E-state index in [1.165, 1.54) is 0 Å². The van der Waals surface area contributed by atoms with Crippen LogP contribution in [0.15, 0.2) is 29.2 Å². The number of carbonyl (C=O) groups is 1. The summed E-state index contributed by atoms with van der Waals surface area (Å²) in [4.78, 5) is 21.7. The molecule has 0 spiro atoms. The van der Waals surface area contributed by atoms with E-state index in [2.05, 4.69) is 15.4 Å². The molecule has 0 aliphatic carbocycles. The predicted molar refractivity (Wildman–Crippen MR) is 94.2 cm³/mol. The zero-order chi connectivity index (χ0) is 17.6. The van der Waals surface area contributed by atoms with Gasteiger partial charge in [-0.05, 0) is 38.1 Å². The monoisotopic (exact) mass is 392 g/mol. The third-order valence-corrected chi connectivity index (χ3v) is 5.18. The Morgan fingerprint density at radius 1 is 1.24 bits per heavy atom. The average molecular weight is 393 g/mol. The van der Waals surface area contributed by atoms with Gasteiger partial charge in [-0.1, -0.05) is 0 Å². The number of nitro groups is 1. The summed E-state index contributed by atoms with van der Waals surface area (Å²) in [7, 11) is -3.79. The van der Waals surface area contributed by atoms with Gasteiger partial charge in [0.05, 0.1) is 9.82 Å². The van der Waals surface area contributed by atoms with E-state index in [4.69, 9.17) is 0 Å². The Morgan fingerprint density at radius 2 is 1.84 bits per heavy atom. The number of piperidine rings is 1. The fourth-order valence-electron chi connectivity index (χ4n) is 2.40. The van der Waals surface area contributed by atoms with E-state index in [9.17, 15) is 23.3 Å². The first-order chi connectivity index (χ1) is 11.4. The standard InChI is InChI=1S/C14H20N4O5S.ClH/c19-14(17-11-5-8-15-9-6-11)7-10-16-24(22,23)13-3-1-12(2-4-13)18(20)21;/h1-4,11,15-16H,5-10H2,(H,17,19);1H. The van der Waals surface area contributed by atoms with Gasteiger partial charge in [0.15, 0.2) is 0 Å². The molecular formula is C14H21ClN4O5S. The predicted octanol–water partition coefficient (Wildman–Crippen LogP) is 0.553. The molecule has 1 aromatic carbocycles. The first kappa shape index (κ1) is 21.3. The molecule has 1 amide bonds. The fraction of sp³-hybridized carbons (Fsp3) is 0.500. The van der Waals surface area contributed by atoms with Crippen LogP contribution in [0.1, 0.15) is 19.3 Å². The molecule has 0 atom stereocenters. The van der Waals surface area contributed by atoms with Gasteiger partial charge < -0.3 is 10.6 Å². The van der Waals surface area contributed by atoms with Crippen molar-refractivity contribution in [1.82, 2.24) is 15.4 Å². The number of carbonyl (C=O) groups excluding carboxylic acids is 1. The highest BCUT2D eigenvalue weighted by molar-refractivity contribution is 7.89. The highest BCUT2D eigenvalue weighted by Crippen LogP contribution is 2.15. The van der Waals surface area contributed by atoms with Crippen LogP contribution in [0.4, 0.5) is 5.69 Å². The molecule has 1 heterocycles. The number of nitrogens with one attached hydrogen (secondary N) is 3. The molecule has 25 heavy (non-hydrogen) atoms. The molecule has 140 valence electrons. The van der Waals surface area contributed by atoms with Crippen LogP contribution in [-0.2, 0) is 14.8 Å². The number of benzene rings is 1. The number of non-ortho nitro benzene ring substituents is 1. The normalized spacial score (nSPS) is 15.2. The van der Waals surface area contributed by atoms with Gasteiger partial charge in [0.25, 0.3) is 5.69 Å². The third-order valence-electron chi connectivity index (χ3n) is 3.71.